The molecule has 0 bridgehead atoms. The van der Waals surface area contributed by atoms with Gasteiger partial charge in [-0.05, 0) is 71.2 Å². The fourth-order valence-corrected chi connectivity index (χ4v) is 4.07. The Balaban J connectivity index is 1.66. The molecule has 0 radical (unpaired) electrons. The zero-order valence-electron chi connectivity index (χ0n) is 18.2. The van der Waals surface area contributed by atoms with Gasteiger partial charge in [-0.1, -0.05) is 57.2 Å². The second-order valence-corrected chi connectivity index (χ2v) is 9.69. The van der Waals surface area contributed by atoms with Crippen LogP contribution in [0.4, 0.5) is 0 Å². The van der Waals surface area contributed by atoms with E-state index in [4.69, 9.17) is 0 Å². The van der Waals surface area contributed by atoms with E-state index in [0.29, 0.717) is 6.42 Å². The van der Waals surface area contributed by atoms with Gasteiger partial charge in [0, 0.05) is 20.5 Å². The van der Waals surface area contributed by atoms with Gasteiger partial charge in [0.05, 0.1) is 18.3 Å². The van der Waals surface area contributed by atoms with Crippen LogP contribution in [0.25, 0.3) is 5.69 Å². The molecule has 0 aliphatic heterocycles. The number of aryl methyl sites for hydroxylation is 1. The number of halogens is 1. The Morgan fingerprint density at radius 1 is 1.10 bits per heavy atom. The number of nitrogens with zero attached hydrogens (tertiary/aromatic N) is 2. The van der Waals surface area contributed by atoms with Crippen molar-refractivity contribution >= 4 is 34.7 Å². The minimum atomic E-state index is -0.124. The smallest absolute Gasteiger partial charge is 0.244 e. The molecule has 3 rings (SSSR count). The summed E-state index contributed by atoms with van der Waals surface area (Å²) in [5, 5.41) is 4.19. The first kappa shape index (κ1) is 22.3. The molecule has 0 saturated heterocycles. The van der Waals surface area contributed by atoms with Crippen LogP contribution in [0.15, 0.2) is 59.7 Å². The molecule has 1 heterocycles. The highest BCUT2D eigenvalue weighted by Gasteiger charge is 2.14. The van der Waals surface area contributed by atoms with Gasteiger partial charge in [-0.15, -0.1) is 0 Å². The van der Waals surface area contributed by atoms with Crippen molar-refractivity contribution in [2.45, 2.75) is 46.5 Å². The molecule has 5 heteroatoms. The van der Waals surface area contributed by atoms with E-state index in [1.165, 1.54) is 9.13 Å². The lowest BCUT2D eigenvalue weighted by Crippen LogP contribution is -2.20. The summed E-state index contributed by atoms with van der Waals surface area (Å²) in [6, 6.07) is 18.6. The summed E-state index contributed by atoms with van der Waals surface area (Å²) in [6.07, 6.45) is 2.03. The van der Waals surface area contributed by atoms with Crippen molar-refractivity contribution in [3.05, 3.63) is 86.2 Å². The van der Waals surface area contributed by atoms with Crippen LogP contribution in [0.2, 0.25) is 0 Å². The summed E-state index contributed by atoms with van der Waals surface area (Å²) in [7, 11) is 0. The molecule has 0 aliphatic rings. The largest absolute Gasteiger partial charge is 0.317 e. The lowest BCUT2D eigenvalue weighted by atomic mass is 9.86. The standard InChI is InChI=1S/C25H28IN3O/c1-17-14-20(18(2)29(17)23-9-7-6-8-22(23)26)16-27-28-24(30)15-19-10-12-21(13-11-19)25(3,4)5/h6-14,16H,15H2,1-5H3,(H,28,30)/b27-16-. The summed E-state index contributed by atoms with van der Waals surface area (Å²) >= 11 is 2.35. The molecule has 0 fully saturated rings. The number of hydrazone groups is 1. The van der Waals surface area contributed by atoms with Gasteiger partial charge in [0.1, 0.15) is 0 Å². The summed E-state index contributed by atoms with van der Waals surface area (Å²) in [6.45, 7) is 10.7. The van der Waals surface area contributed by atoms with E-state index in [1.54, 1.807) is 6.21 Å². The highest BCUT2D eigenvalue weighted by Crippen LogP contribution is 2.24. The molecule has 3 aromatic rings. The molecule has 0 spiro atoms. The minimum absolute atomic E-state index is 0.106. The molecule has 4 nitrogen and oxygen atoms in total. The molecule has 0 unspecified atom stereocenters. The number of para-hydroxylation sites is 1. The molecule has 30 heavy (non-hydrogen) atoms. The topological polar surface area (TPSA) is 46.4 Å². The molecule has 2 aromatic carbocycles. The first-order valence-electron chi connectivity index (χ1n) is 10.0. The second kappa shape index (κ2) is 9.16. The Morgan fingerprint density at radius 2 is 1.77 bits per heavy atom. The van der Waals surface area contributed by atoms with E-state index in [2.05, 4.69) is 103 Å². The maximum atomic E-state index is 12.3. The number of rotatable bonds is 5. The van der Waals surface area contributed by atoms with Gasteiger partial charge in [-0.25, -0.2) is 5.43 Å². The Labute approximate surface area is 192 Å². The fraction of sp³-hybridized carbons (Fsp3) is 0.280. The van der Waals surface area contributed by atoms with Crippen molar-refractivity contribution < 1.29 is 4.79 Å². The van der Waals surface area contributed by atoms with Crippen LogP contribution in [0.5, 0.6) is 0 Å². The number of nitrogens with one attached hydrogen (secondary N) is 1. The predicted octanol–water partition coefficient (Wildman–Crippen LogP) is 5.69. The molecular formula is C25H28IN3O. The predicted molar refractivity (Wildman–Crippen MR) is 133 cm³/mol. The van der Waals surface area contributed by atoms with E-state index >= 15 is 0 Å². The van der Waals surface area contributed by atoms with Gasteiger partial charge in [0.25, 0.3) is 0 Å². The fourth-order valence-electron chi connectivity index (χ4n) is 3.44. The number of aromatic nitrogens is 1. The Morgan fingerprint density at radius 3 is 2.40 bits per heavy atom. The van der Waals surface area contributed by atoms with Crippen molar-refractivity contribution in [2.24, 2.45) is 5.10 Å². The minimum Gasteiger partial charge on any atom is -0.317 e. The van der Waals surface area contributed by atoms with Crippen LogP contribution < -0.4 is 5.43 Å². The monoisotopic (exact) mass is 513 g/mol. The van der Waals surface area contributed by atoms with Gasteiger partial charge < -0.3 is 4.57 Å². The molecule has 1 amide bonds. The van der Waals surface area contributed by atoms with E-state index in [1.807, 2.05) is 24.3 Å². The molecule has 0 saturated carbocycles. The molecular weight excluding hydrogens is 485 g/mol. The van der Waals surface area contributed by atoms with Crippen LogP contribution >= 0.6 is 22.6 Å². The summed E-state index contributed by atoms with van der Waals surface area (Å²) in [5.74, 6) is -0.124. The van der Waals surface area contributed by atoms with Gasteiger partial charge in [-0.3, -0.25) is 4.79 Å². The number of hydrogen-bond donors (Lipinski definition) is 1. The molecule has 1 N–H and O–H groups in total. The van der Waals surface area contributed by atoms with E-state index < -0.39 is 0 Å². The van der Waals surface area contributed by atoms with E-state index in [-0.39, 0.29) is 11.3 Å². The number of amides is 1. The molecule has 0 aliphatic carbocycles. The summed E-state index contributed by atoms with van der Waals surface area (Å²) in [5.41, 5.74) is 9.35. The maximum absolute atomic E-state index is 12.3. The van der Waals surface area contributed by atoms with Crippen molar-refractivity contribution in [2.75, 3.05) is 0 Å². The highest BCUT2D eigenvalue weighted by atomic mass is 127. The van der Waals surface area contributed by atoms with Crippen molar-refractivity contribution in [3.63, 3.8) is 0 Å². The number of benzene rings is 2. The van der Waals surface area contributed by atoms with Crippen molar-refractivity contribution in [1.82, 2.24) is 9.99 Å². The molecule has 0 atom stereocenters. The average Bonchev–Trinajstić information content (AvgIpc) is 2.95. The molecule has 156 valence electrons. The summed E-state index contributed by atoms with van der Waals surface area (Å²) in [4.78, 5) is 12.3. The van der Waals surface area contributed by atoms with Gasteiger partial charge in [0.15, 0.2) is 0 Å². The van der Waals surface area contributed by atoms with Crippen molar-refractivity contribution in [1.29, 1.82) is 0 Å². The number of hydrogen-bond acceptors (Lipinski definition) is 2. The second-order valence-electron chi connectivity index (χ2n) is 8.53. The normalized spacial score (nSPS) is 11.8. The third-order valence-electron chi connectivity index (χ3n) is 5.14. The lowest BCUT2D eigenvalue weighted by Gasteiger charge is -2.19. The van der Waals surface area contributed by atoms with Crippen LogP contribution in [-0.4, -0.2) is 16.7 Å². The van der Waals surface area contributed by atoms with Crippen LogP contribution in [0, 0.1) is 17.4 Å². The number of carbonyl (C=O) groups is 1. The van der Waals surface area contributed by atoms with Crippen LogP contribution in [0.3, 0.4) is 0 Å². The van der Waals surface area contributed by atoms with Gasteiger partial charge >= 0.3 is 0 Å². The third-order valence-corrected chi connectivity index (χ3v) is 6.05. The SMILES string of the molecule is Cc1cc(/C=N\NC(=O)Cc2ccc(C(C)(C)C)cc2)c(C)n1-c1ccccc1I. The first-order chi connectivity index (χ1) is 14.2. The maximum Gasteiger partial charge on any atom is 0.244 e. The van der Waals surface area contributed by atoms with E-state index in [9.17, 15) is 4.79 Å². The molecule has 1 aromatic heterocycles. The lowest BCUT2D eigenvalue weighted by molar-refractivity contribution is -0.120. The van der Waals surface area contributed by atoms with Gasteiger partial charge in [0.2, 0.25) is 5.91 Å². The van der Waals surface area contributed by atoms with Gasteiger partial charge in [-0.2, -0.15) is 5.10 Å². The average molecular weight is 513 g/mol. The first-order valence-corrected chi connectivity index (χ1v) is 11.1. The third kappa shape index (κ3) is 5.19. The zero-order chi connectivity index (χ0) is 21.9. The zero-order valence-corrected chi connectivity index (χ0v) is 20.3. The van der Waals surface area contributed by atoms with Crippen LogP contribution in [-0.2, 0) is 16.6 Å². The Hall–Kier alpha value is -2.41. The Kier molecular flexibility index (Phi) is 6.81. The van der Waals surface area contributed by atoms with Crippen molar-refractivity contribution in [3.8, 4) is 5.69 Å². The van der Waals surface area contributed by atoms with Crippen LogP contribution in [0.1, 0.15) is 48.8 Å². The quantitative estimate of drug-likeness (QED) is 0.266. The summed E-state index contributed by atoms with van der Waals surface area (Å²) < 4.78 is 3.40. The van der Waals surface area contributed by atoms with E-state index in [0.717, 1.165) is 28.2 Å². The highest BCUT2D eigenvalue weighted by molar-refractivity contribution is 14.1. The Bertz CT molecular complexity index is 1070. The number of carbonyl (C=O) groups excluding carboxylic acids is 1.